The van der Waals surface area contributed by atoms with Crippen LogP contribution in [0.4, 0.5) is 0 Å². The molecule has 0 fully saturated rings. The minimum absolute atomic E-state index is 0.282. The van der Waals surface area contributed by atoms with Crippen molar-refractivity contribution in [2.45, 2.75) is 33.7 Å². The second kappa shape index (κ2) is 4.74. The topological polar surface area (TPSA) is 21.3 Å². The first-order chi connectivity index (χ1) is 6.15. The van der Waals surface area contributed by atoms with E-state index >= 15 is 0 Å². The van der Waals surface area contributed by atoms with Crippen molar-refractivity contribution in [3.05, 3.63) is 21.4 Å². The van der Waals surface area contributed by atoms with Gasteiger partial charge in [0.1, 0.15) is 0 Å². The van der Waals surface area contributed by atoms with Crippen molar-refractivity contribution < 1.29 is 4.84 Å². The molecule has 0 saturated heterocycles. The van der Waals surface area contributed by atoms with Gasteiger partial charge in [-0.1, -0.05) is 0 Å². The van der Waals surface area contributed by atoms with Crippen LogP contribution >= 0.6 is 11.3 Å². The number of aryl methyl sites for hydroxylation is 2. The van der Waals surface area contributed by atoms with Crippen molar-refractivity contribution >= 4 is 11.3 Å². The normalized spacial score (nSPS) is 13.2. The molecule has 1 atom stereocenters. The Balaban J connectivity index is 2.64. The van der Waals surface area contributed by atoms with Gasteiger partial charge in [0.2, 0.25) is 0 Å². The number of rotatable bonds is 4. The SMILES string of the molecule is CCONC(C)c1cc(C)sc1C. The lowest BCUT2D eigenvalue weighted by Gasteiger charge is -2.12. The molecule has 3 heteroatoms. The maximum atomic E-state index is 5.17. The third-order valence-electron chi connectivity index (χ3n) is 1.95. The first-order valence-electron chi connectivity index (χ1n) is 4.59. The summed E-state index contributed by atoms with van der Waals surface area (Å²) in [5, 5.41) is 0. The molecule has 0 amide bonds. The van der Waals surface area contributed by atoms with E-state index in [1.807, 2.05) is 18.3 Å². The minimum Gasteiger partial charge on any atom is -0.302 e. The standard InChI is InChI=1S/C10H17NOS/c1-5-12-11-8(3)10-6-7(2)13-9(10)4/h6,8,11H,5H2,1-4H3. The molecule has 2 nitrogen and oxygen atoms in total. The van der Waals surface area contributed by atoms with Gasteiger partial charge in [0, 0.05) is 9.75 Å². The third-order valence-corrected chi connectivity index (χ3v) is 2.93. The van der Waals surface area contributed by atoms with Crippen LogP contribution in [0.25, 0.3) is 0 Å². The average molecular weight is 199 g/mol. The van der Waals surface area contributed by atoms with Gasteiger partial charge in [-0.2, -0.15) is 5.48 Å². The highest BCUT2D eigenvalue weighted by Gasteiger charge is 2.10. The second-order valence-corrected chi connectivity index (χ2v) is 4.60. The molecule has 0 aliphatic heterocycles. The molecule has 1 heterocycles. The second-order valence-electron chi connectivity index (χ2n) is 3.14. The van der Waals surface area contributed by atoms with Gasteiger partial charge >= 0.3 is 0 Å². The largest absolute Gasteiger partial charge is 0.302 e. The van der Waals surface area contributed by atoms with Crippen molar-refractivity contribution in [1.29, 1.82) is 0 Å². The molecular formula is C10H17NOS. The molecule has 0 aliphatic carbocycles. The van der Waals surface area contributed by atoms with Crippen LogP contribution in [0.3, 0.4) is 0 Å². The monoisotopic (exact) mass is 199 g/mol. The summed E-state index contributed by atoms with van der Waals surface area (Å²) in [7, 11) is 0. The van der Waals surface area contributed by atoms with Gasteiger partial charge in [0.05, 0.1) is 12.6 Å². The summed E-state index contributed by atoms with van der Waals surface area (Å²) < 4.78 is 0. The third kappa shape index (κ3) is 2.79. The van der Waals surface area contributed by atoms with Gasteiger partial charge in [-0.25, -0.2) is 0 Å². The zero-order valence-electron chi connectivity index (χ0n) is 8.68. The lowest BCUT2D eigenvalue weighted by atomic mass is 10.1. The zero-order chi connectivity index (χ0) is 9.84. The maximum Gasteiger partial charge on any atom is 0.0654 e. The van der Waals surface area contributed by atoms with Crippen LogP contribution in [-0.4, -0.2) is 6.61 Å². The first-order valence-corrected chi connectivity index (χ1v) is 5.41. The van der Waals surface area contributed by atoms with Gasteiger partial charge in [-0.15, -0.1) is 11.3 Å². The van der Waals surface area contributed by atoms with Crippen LogP contribution in [-0.2, 0) is 4.84 Å². The predicted molar refractivity (Wildman–Crippen MR) is 57.0 cm³/mol. The molecule has 0 saturated carbocycles. The maximum absolute atomic E-state index is 5.17. The summed E-state index contributed by atoms with van der Waals surface area (Å²) >= 11 is 1.84. The molecule has 1 aromatic rings. The molecule has 1 aromatic heterocycles. The number of hydrogen-bond acceptors (Lipinski definition) is 3. The van der Waals surface area contributed by atoms with Gasteiger partial charge in [-0.3, -0.25) is 0 Å². The van der Waals surface area contributed by atoms with Gasteiger partial charge in [-0.05, 0) is 39.3 Å². The van der Waals surface area contributed by atoms with E-state index in [9.17, 15) is 0 Å². The zero-order valence-corrected chi connectivity index (χ0v) is 9.49. The average Bonchev–Trinajstić information content (AvgIpc) is 2.41. The molecule has 74 valence electrons. The van der Waals surface area contributed by atoms with Gasteiger partial charge in [0.25, 0.3) is 0 Å². The number of hydrogen-bond donors (Lipinski definition) is 1. The highest BCUT2D eigenvalue weighted by molar-refractivity contribution is 7.12. The van der Waals surface area contributed by atoms with E-state index in [1.54, 1.807) is 0 Å². The van der Waals surface area contributed by atoms with Crippen LogP contribution in [0.2, 0.25) is 0 Å². The smallest absolute Gasteiger partial charge is 0.0654 e. The Kier molecular flexibility index (Phi) is 3.90. The number of thiophene rings is 1. The molecular weight excluding hydrogens is 182 g/mol. The van der Waals surface area contributed by atoms with Crippen molar-refractivity contribution in [2.75, 3.05) is 6.61 Å². The van der Waals surface area contributed by atoms with E-state index in [-0.39, 0.29) is 6.04 Å². The Bertz CT molecular complexity index is 270. The van der Waals surface area contributed by atoms with E-state index in [0.717, 1.165) is 0 Å². The fourth-order valence-corrected chi connectivity index (χ4v) is 2.37. The Hall–Kier alpha value is -0.380. The number of nitrogens with one attached hydrogen (secondary N) is 1. The molecule has 1 rings (SSSR count). The summed E-state index contributed by atoms with van der Waals surface area (Å²) in [5.74, 6) is 0. The molecule has 0 radical (unpaired) electrons. The number of hydroxylamine groups is 1. The predicted octanol–water partition coefficient (Wildman–Crippen LogP) is 2.97. The van der Waals surface area contributed by atoms with Crippen LogP contribution in [0.1, 0.15) is 35.2 Å². The van der Waals surface area contributed by atoms with Crippen molar-refractivity contribution in [3.63, 3.8) is 0 Å². The summed E-state index contributed by atoms with van der Waals surface area (Å²) in [6, 6.07) is 2.50. The summed E-state index contributed by atoms with van der Waals surface area (Å²) in [6.45, 7) is 9.08. The van der Waals surface area contributed by atoms with E-state index in [2.05, 4.69) is 32.3 Å². The van der Waals surface area contributed by atoms with Gasteiger partial charge in [0.15, 0.2) is 0 Å². The van der Waals surface area contributed by atoms with Crippen LogP contribution in [0.5, 0.6) is 0 Å². The van der Waals surface area contributed by atoms with Crippen molar-refractivity contribution in [1.82, 2.24) is 5.48 Å². The Morgan fingerprint density at radius 1 is 1.54 bits per heavy atom. The van der Waals surface area contributed by atoms with Crippen LogP contribution in [0, 0.1) is 13.8 Å². The fraction of sp³-hybridized carbons (Fsp3) is 0.600. The van der Waals surface area contributed by atoms with Crippen LogP contribution < -0.4 is 5.48 Å². The molecule has 0 aromatic carbocycles. The summed E-state index contributed by atoms with van der Waals surface area (Å²) in [5.41, 5.74) is 4.35. The van der Waals surface area contributed by atoms with E-state index in [0.29, 0.717) is 6.61 Å². The molecule has 0 bridgehead atoms. The lowest BCUT2D eigenvalue weighted by Crippen LogP contribution is -2.18. The Labute approximate surface area is 83.9 Å². The van der Waals surface area contributed by atoms with Crippen molar-refractivity contribution in [3.8, 4) is 0 Å². The molecule has 0 spiro atoms. The highest BCUT2D eigenvalue weighted by atomic mass is 32.1. The van der Waals surface area contributed by atoms with E-state index in [1.165, 1.54) is 15.3 Å². The Morgan fingerprint density at radius 2 is 2.23 bits per heavy atom. The van der Waals surface area contributed by atoms with Gasteiger partial charge < -0.3 is 4.84 Å². The summed E-state index contributed by atoms with van der Waals surface area (Å²) in [6.07, 6.45) is 0. The Morgan fingerprint density at radius 3 is 2.69 bits per heavy atom. The lowest BCUT2D eigenvalue weighted by molar-refractivity contribution is 0.0284. The fourth-order valence-electron chi connectivity index (χ4n) is 1.35. The van der Waals surface area contributed by atoms with E-state index in [4.69, 9.17) is 4.84 Å². The van der Waals surface area contributed by atoms with E-state index < -0.39 is 0 Å². The highest BCUT2D eigenvalue weighted by Crippen LogP contribution is 2.25. The molecule has 13 heavy (non-hydrogen) atoms. The summed E-state index contributed by atoms with van der Waals surface area (Å²) in [4.78, 5) is 7.90. The molecule has 1 unspecified atom stereocenters. The quantitative estimate of drug-likeness (QED) is 0.753. The molecule has 0 aliphatic rings. The minimum atomic E-state index is 0.282. The first kappa shape index (κ1) is 10.7. The van der Waals surface area contributed by atoms with Crippen molar-refractivity contribution in [2.24, 2.45) is 0 Å². The molecule has 1 N–H and O–H groups in total. The van der Waals surface area contributed by atoms with Crippen LogP contribution in [0.15, 0.2) is 6.07 Å².